The lowest BCUT2D eigenvalue weighted by atomic mass is 10.0. The number of hydrogen-bond acceptors (Lipinski definition) is 3. The molecule has 0 spiro atoms. The fourth-order valence-corrected chi connectivity index (χ4v) is 2.77. The molecule has 0 N–H and O–H groups in total. The molecule has 3 rings (SSSR count). The largest absolute Gasteiger partial charge is 0.465 e. The summed E-state index contributed by atoms with van der Waals surface area (Å²) in [4.78, 5) is 24.8. The van der Waals surface area contributed by atoms with E-state index in [0.717, 1.165) is 11.1 Å². The average Bonchev–Trinajstić information content (AvgIpc) is 2.68. The molecule has 0 amide bonds. The van der Waals surface area contributed by atoms with E-state index in [1.165, 1.54) is 13.2 Å². The molecule has 0 unspecified atom stereocenters. The Bertz CT molecular complexity index is 1020. The Hall–Kier alpha value is -3.40. The summed E-state index contributed by atoms with van der Waals surface area (Å²) >= 11 is 0. The van der Waals surface area contributed by atoms with Gasteiger partial charge in [-0.2, -0.15) is 0 Å². The molecule has 3 aromatic rings. The highest BCUT2D eigenvalue weighted by Crippen LogP contribution is 2.25. The predicted octanol–water partition coefficient (Wildman–Crippen LogP) is 3.86. The number of aryl methyl sites for hydroxylation is 1. The van der Waals surface area contributed by atoms with E-state index in [1.807, 2.05) is 61.5 Å². The van der Waals surface area contributed by atoms with Crippen LogP contribution in [0.25, 0.3) is 17.3 Å². The summed E-state index contributed by atoms with van der Waals surface area (Å²) in [6.45, 7) is 1.92. The zero-order valence-corrected chi connectivity index (χ0v) is 14.7. The van der Waals surface area contributed by atoms with Crippen molar-refractivity contribution in [3.8, 4) is 5.69 Å². The number of benzene rings is 2. The van der Waals surface area contributed by atoms with Crippen LogP contribution in [-0.4, -0.2) is 17.6 Å². The number of pyridine rings is 1. The molecule has 26 heavy (non-hydrogen) atoms. The van der Waals surface area contributed by atoms with Crippen LogP contribution in [0.2, 0.25) is 0 Å². The Labute approximate surface area is 152 Å². The first-order valence-electron chi connectivity index (χ1n) is 8.24. The molecule has 4 nitrogen and oxygen atoms in total. The Kier molecular flexibility index (Phi) is 5.13. The number of carbonyl (C=O) groups is 1. The van der Waals surface area contributed by atoms with Gasteiger partial charge in [-0.15, -0.1) is 0 Å². The monoisotopic (exact) mass is 345 g/mol. The van der Waals surface area contributed by atoms with Gasteiger partial charge in [0, 0.05) is 17.8 Å². The number of para-hydroxylation sites is 1. The van der Waals surface area contributed by atoms with Gasteiger partial charge in [0.25, 0.3) is 5.56 Å². The Morgan fingerprint density at radius 2 is 1.65 bits per heavy atom. The van der Waals surface area contributed by atoms with Crippen LogP contribution in [0.3, 0.4) is 0 Å². The second kappa shape index (κ2) is 7.66. The van der Waals surface area contributed by atoms with Crippen molar-refractivity contribution in [2.75, 3.05) is 7.11 Å². The molecule has 130 valence electrons. The number of nitrogens with zero attached hydrogens (tertiary/aromatic N) is 1. The van der Waals surface area contributed by atoms with E-state index in [9.17, 15) is 9.59 Å². The van der Waals surface area contributed by atoms with Crippen LogP contribution in [0.1, 0.15) is 16.7 Å². The van der Waals surface area contributed by atoms with Crippen molar-refractivity contribution >= 4 is 17.6 Å². The molecule has 4 heteroatoms. The zero-order valence-electron chi connectivity index (χ0n) is 14.7. The summed E-state index contributed by atoms with van der Waals surface area (Å²) in [6, 6.07) is 20.1. The van der Waals surface area contributed by atoms with E-state index in [1.54, 1.807) is 22.9 Å². The minimum Gasteiger partial charge on any atom is -0.465 e. The van der Waals surface area contributed by atoms with Gasteiger partial charge < -0.3 is 4.74 Å². The first-order valence-corrected chi connectivity index (χ1v) is 8.24. The normalized spacial score (nSPS) is 11.2. The highest BCUT2D eigenvalue weighted by atomic mass is 16.5. The Balaban J connectivity index is 2.24. The predicted molar refractivity (Wildman–Crippen MR) is 103 cm³/mol. The molecule has 0 aliphatic heterocycles. The number of esters is 1. The SMILES string of the molecule is COC(=O)/C(=C\c1ccccc1)c1ccccc1-n1cc(C)ccc1=O. The topological polar surface area (TPSA) is 48.3 Å². The zero-order chi connectivity index (χ0) is 18.5. The van der Waals surface area contributed by atoms with Gasteiger partial charge in [0.2, 0.25) is 0 Å². The number of carbonyl (C=O) groups excluding carboxylic acids is 1. The van der Waals surface area contributed by atoms with E-state index in [-0.39, 0.29) is 5.56 Å². The molecule has 0 fully saturated rings. The molecule has 0 aliphatic carbocycles. The lowest BCUT2D eigenvalue weighted by Crippen LogP contribution is -2.18. The van der Waals surface area contributed by atoms with Crippen molar-refractivity contribution in [3.05, 3.63) is 100.0 Å². The number of methoxy groups -OCH3 is 1. The third kappa shape index (κ3) is 3.64. The third-order valence-electron chi connectivity index (χ3n) is 4.03. The maximum absolute atomic E-state index is 12.5. The molecular weight excluding hydrogens is 326 g/mol. The maximum atomic E-state index is 12.5. The highest BCUT2D eigenvalue weighted by molar-refractivity contribution is 6.22. The van der Waals surface area contributed by atoms with Crippen molar-refractivity contribution in [2.24, 2.45) is 0 Å². The van der Waals surface area contributed by atoms with E-state index in [2.05, 4.69) is 0 Å². The second-order valence-electron chi connectivity index (χ2n) is 5.89. The van der Waals surface area contributed by atoms with Gasteiger partial charge in [-0.3, -0.25) is 9.36 Å². The molecule has 0 saturated heterocycles. The number of hydrogen-bond donors (Lipinski definition) is 0. The van der Waals surface area contributed by atoms with Crippen LogP contribution >= 0.6 is 0 Å². The molecule has 1 aromatic heterocycles. The van der Waals surface area contributed by atoms with Crippen LogP contribution in [-0.2, 0) is 9.53 Å². The van der Waals surface area contributed by atoms with Gasteiger partial charge in [0.1, 0.15) is 0 Å². The van der Waals surface area contributed by atoms with E-state index in [4.69, 9.17) is 4.74 Å². The molecule has 2 aromatic carbocycles. The standard InChI is InChI=1S/C22H19NO3/c1-16-12-13-21(24)23(15-16)20-11-7-6-10-18(20)19(22(25)26-2)14-17-8-4-3-5-9-17/h3-15H,1-2H3/b19-14-. The fourth-order valence-electron chi connectivity index (χ4n) is 2.77. The van der Waals surface area contributed by atoms with E-state index in [0.29, 0.717) is 16.8 Å². The molecular formula is C22H19NO3. The maximum Gasteiger partial charge on any atom is 0.338 e. The second-order valence-corrected chi connectivity index (χ2v) is 5.89. The molecule has 1 heterocycles. The first-order chi connectivity index (χ1) is 12.6. The van der Waals surface area contributed by atoms with Gasteiger partial charge in [-0.05, 0) is 30.2 Å². The lowest BCUT2D eigenvalue weighted by molar-refractivity contribution is -0.133. The van der Waals surface area contributed by atoms with Crippen LogP contribution in [0.5, 0.6) is 0 Å². The molecule has 0 aliphatic rings. The highest BCUT2D eigenvalue weighted by Gasteiger charge is 2.17. The molecule has 0 atom stereocenters. The van der Waals surface area contributed by atoms with Gasteiger partial charge in [0.05, 0.1) is 18.4 Å². The summed E-state index contributed by atoms with van der Waals surface area (Å²) in [5, 5.41) is 0. The Morgan fingerprint density at radius 3 is 2.38 bits per heavy atom. The summed E-state index contributed by atoms with van der Waals surface area (Å²) in [6.07, 6.45) is 3.53. The van der Waals surface area contributed by atoms with Gasteiger partial charge >= 0.3 is 5.97 Å². The van der Waals surface area contributed by atoms with Crippen LogP contribution in [0.4, 0.5) is 0 Å². The molecule has 0 saturated carbocycles. The van der Waals surface area contributed by atoms with Crippen LogP contribution < -0.4 is 5.56 Å². The van der Waals surface area contributed by atoms with E-state index >= 15 is 0 Å². The smallest absolute Gasteiger partial charge is 0.338 e. The van der Waals surface area contributed by atoms with Crippen molar-refractivity contribution in [1.29, 1.82) is 0 Å². The third-order valence-corrected chi connectivity index (χ3v) is 4.03. The van der Waals surface area contributed by atoms with E-state index < -0.39 is 5.97 Å². The number of rotatable bonds is 4. The summed E-state index contributed by atoms with van der Waals surface area (Å²) in [5.74, 6) is -0.456. The summed E-state index contributed by atoms with van der Waals surface area (Å²) in [7, 11) is 1.35. The minimum absolute atomic E-state index is 0.160. The van der Waals surface area contributed by atoms with Crippen molar-refractivity contribution in [1.82, 2.24) is 4.57 Å². The van der Waals surface area contributed by atoms with Crippen molar-refractivity contribution in [2.45, 2.75) is 6.92 Å². The van der Waals surface area contributed by atoms with Crippen molar-refractivity contribution < 1.29 is 9.53 Å². The van der Waals surface area contributed by atoms with Crippen LogP contribution in [0.15, 0.2) is 77.7 Å². The average molecular weight is 345 g/mol. The van der Waals surface area contributed by atoms with Crippen LogP contribution in [0, 0.1) is 6.92 Å². The minimum atomic E-state index is -0.456. The van der Waals surface area contributed by atoms with Gasteiger partial charge in [-0.1, -0.05) is 54.6 Å². The number of aromatic nitrogens is 1. The lowest BCUT2D eigenvalue weighted by Gasteiger charge is -2.14. The first kappa shape index (κ1) is 17.4. The number of ether oxygens (including phenoxy) is 1. The quantitative estimate of drug-likeness (QED) is 0.410. The van der Waals surface area contributed by atoms with Gasteiger partial charge in [-0.25, -0.2) is 4.79 Å². The fraction of sp³-hybridized carbons (Fsp3) is 0.0909. The molecule has 0 radical (unpaired) electrons. The Morgan fingerprint density at radius 1 is 0.962 bits per heavy atom. The summed E-state index contributed by atoms with van der Waals surface area (Å²) < 4.78 is 6.54. The molecule has 0 bridgehead atoms. The van der Waals surface area contributed by atoms with Crippen molar-refractivity contribution in [3.63, 3.8) is 0 Å². The van der Waals surface area contributed by atoms with Gasteiger partial charge in [0.15, 0.2) is 0 Å². The summed E-state index contributed by atoms with van der Waals surface area (Å²) in [5.41, 5.74) is 3.32.